The minimum absolute atomic E-state index is 0.0672. The molecular weight excluding hydrogens is 366 g/mol. The van der Waals surface area contributed by atoms with E-state index in [9.17, 15) is 14.4 Å². The molecule has 0 unspecified atom stereocenters. The number of Topliss-reactive ketones (excluding diaryl/α,β-unsaturated/α-hetero) is 1. The van der Waals surface area contributed by atoms with Crippen molar-refractivity contribution in [1.82, 2.24) is 4.90 Å². The van der Waals surface area contributed by atoms with Gasteiger partial charge in [-0.25, -0.2) is 0 Å². The summed E-state index contributed by atoms with van der Waals surface area (Å²) in [6, 6.07) is 8.35. The van der Waals surface area contributed by atoms with Crippen molar-refractivity contribution < 1.29 is 33.0 Å². The van der Waals surface area contributed by atoms with E-state index in [1.165, 1.54) is 6.26 Å². The smallest absolute Gasteiger partial charge is 0.311 e. The molecule has 1 aromatic carbocycles. The maximum Gasteiger partial charge on any atom is 0.311 e. The molecule has 0 aliphatic carbocycles. The van der Waals surface area contributed by atoms with Gasteiger partial charge in [-0.15, -0.1) is 0 Å². The molecule has 146 valence electrons. The van der Waals surface area contributed by atoms with E-state index in [-0.39, 0.29) is 31.3 Å². The number of likely N-dealkylation sites (tertiary alicyclic amines) is 1. The number of amides is 1. The standard InChI is InChI=1S/C20H19NO7/c22-16(13-3-4-17-18(8-13)27-7-6-26-17)12-28-20(24)14-9-19(23)21(10-14)11-15-2-1-5-25-15/h1-5,8,14H,6-7,9-12H2/t14-/m0/s1. The Hall–Kier alpha value is -3.29. The van der Waals surface area contributed by atoms with Gasteiger partial charge in [-0.3, -0.25) is 14.4 Å². The first-order valence-corrected chi connectivity index (χ1v) is 9.00. The van der Waals surface area contributed by atoms with Gasteiger partial charge in [0.2, 0.25) is 5.91 Å². The normalized spacial score (nSPS) is 18.2. The third kappa shape index (κ3) is 3.85. The zero-order valence-electron chi connectivity index (χ0n) is 15.1. The van der Waals surface area contributed by atoms with E-state index >= 15 is 0 Å². The van der Waals surface area contributed by atoms with Gasteiger partial charge < -0.3 is 23.5 Å². The lowest BCUT2D eigenvalue weighted by Gasteiger charge is -2.18. The number of nitrogens with zero attached hydrogens (tertiary/aromatic N) is 1. The lowest BCUT2D eigenvalue weighted by atomic mass is 10.1. The highest BCUT2D eigenvalue weighted by Gasteiger charge is 2.36. The van der Waals surface area contributed by atoms with Crippen LogP contribution in [0.4, 0.5) is 0 Å². The fourth-order valence-corrected chi connectivity index (χ4v) is 3.23. The monoisotopic (exact) mass is 385 g/mol. The molecule has 8 heteroatoms. The Bertz CT molecular complexity index is 890. The predicted octanol–water partition coefficient (Wildman–Crippen LogP) is 1.83. The molecule has 1 atom stereocenters. The molecule has 1 fully saturated rings. The van der Waals surface area contributed by atoms with Crippen LogP contribution < -0.4 is 9.47 Å². The van der Waals surface area contributed by atoms with Gasteiger partial charge in [0.05, 0.1) is 18.7 Å². The largest absolute Gasteiger partial charge is 0.486 e. The fourth-order valence-electron chi connectivity index (χ4n) is 3.23. The van der Waals surface area contributed by atoms with E-state index in [4.69, 9.17) is 18.6 Å². The fraction of sp³-hybridized carbons (Fsp3) is 0.350. The summed E-state index contributed by atoms with van der Waals surface area (Å²) in [5.74, 6) is 0.103. The highest BCUT2D eigenvalue weighted by Crippen LogP contribution is 2.31. The van der Waals surface area contributed by atoms with Crippen molar-refractivity contribution in [3.63, 3.8) is 0 Å². The van der Waals surface area contributed by atoms with Gasteiger partial charge in [-0.1, -0.05) is 0 Å². The summed E-state index contributed by atoms with van der Waals surface area (Å²) in [5, 5.41) is 0. The number of ketones is 1. The highest BCUT2D eigenvalue weighted by molar-refractivity contribution is 5.99. The number of carbonyl (C=O) groups is 3. The lowest BCUT2D eigenvalue weighted by molar-refractivity contribution is -0.147. The van der Waals surface area contributed by atoms with Crippen molar-refractivity contribution in [3.8, 4) is 11.5 Å². The maximum absolute atomic E-state index is 12.3. The number of hydrogen-bond acceptors (Lipinski definition) is 7. The van der Waals surface area contributed by atoms with Crippen LogP contribution in [0.15, 0.2) is 41.0 Å². The summed E-state index contributed by atoms with van der Waals surface area (Å²) >= 11 is 0. The van der Waals surface area contributed by atoms with Crippen LogP contribution in [0.5, 0.6) is 11.5 Å². The molecule has 1 amide bonds. The molecule has 1 aromatic heterocycles. The minimum Gasteiger partial charge on any atom is -0.486 e. The SMILES string of the molecule is O=C(COC(=O)[C@H]1CC(=O)N(Cc2ccco2)C1)c1ccc2c(c1)OCCO2. The number of carbonyl (C=O) groups excluding carboxylic acids is 3. The van der Waals surface area contributed by atoms with Crippen molar-refractivity contribution in [1.29, 1.82) is 0 Å². The van der Waals surface area contributed by atoms with Crippen LogP contribution in [0, 0.1) is 5.92 Å². The number of ether oxygens (including phenoxy) is 3. The number of furan rings is 1. The number of benzene rings is 1. The average Bonchev–Trinajstić information content (AvgIpc) is 3.36. The van der Waals surface area contributed by atoms with Gasteiger partial charge >= 0.3 is 5.97 Å². The first-order valence-electron chi connectivity index (χ1n) is 9.00. The summed E-state index contributed by atoms with van der Waals surface area (Å²) in [5.41, 5.74) is 0.374. The highest BCUT2D eigenvalue weighted by atomic mass is 16.6. The molecule has 0 N–H and O–H groups in total. The molecule has 4 rings (SSSR count). The Kier molecular flexibility index (Phi) is 5.01. The molecular formula is C20H19NO7. The molecule has 1 saturated heterocycles. The molecule has 2 aliphatic rings. The summed E-state index contributed by atoms with van der Waals surface area (Å²) in [4.78, 5) is 38.3. The Balaban J connectivity index is 1.30. The number of fused-ring (bicyclic) bond motifs is 1. The maximum atomic E-state index is 12.3. The summed E-state index contributed by atoms with van der Waals surface area (Å²) in [6.07, 6.45) is 1.60. The van der Waals surface area contributed by atoms with E-state index in [1.54, 1.807) is 35.2 Å². The molecule has 28 heavy (non-hydrogen) atoms. The van der Waals surface area contributed by atoms with Gasteiger partial charge in [0, 0.05) is 18.5 Å². The van der Waals surface area contributed by atoms with Crippen LogP contribution in [-0.2, 0) is 20.9 Å². The molecule has 0 radical (unpaired) electrons. The zero-order chi connectivity index (χ0) is 19.5. The molecule has 8 nitrogen and oxygen atoms in total. The lowest BCUT2D eigenvalue weighted by Crippen LogP contribution is -2.27. The van der Waals surface area contributed by atoms with E-state index < -0.39 is 11.9 Å². The van der Waals surface area contributed by atoms with E-state index in [0.717, 1.165) is 0 Å². The van der Waals surface area contributed by atoms with Crippen LogP contribution >= 0.6 is 0 Å². The van der Waals surface area contributed by atoms with Crippen LogP contribution in [0.1, 0.15) is 22.5 Å². The summed E-state index contributed by atoms with van der Waals surface area (Å²) in [7, 11) is 0. The van der Waals surface area contributed by atoms with Crippen molar-refractivity contribution in [2.75, 3.05) is 26.4 Å². The molecule has 0 saturated carbocycles. The van der Waals surface area contributed by atoms with Crippen molar-refractivity contribution >= 4 is 17.7 Å². The third-order valence-electron chi connectivity index (χ3n) is 4.68. The van der Waals surface area contributed by atoms with E-state index in [1.807, 2.05) is 0 Å². The Labute approximate surface area is 161 Å². The number of rotatable bonds is 6. The van der Waals surface area contributed by atoms with Crippen molar-refractivity contribution in [2.24, 2.45) is 5.92 Å². The molecule has 2 aliphatic heterocycles. The molecule has 0 bridgehead atoms. The topological polar surface area (TPSA) is 95.3 Å². The number of esters is 1. The van der Waals surface area contributed by atoms with Gasteiger partial charge in [-0.2, -0.15) is 0 Å². The summed E-state index contributed by atoms with van der Waals surface area (Å²) < 4.78 is 21.3. The van der Waals surface area contributed by atoms with E-state index in [2.05, 4.69) is 0 Å². The molecule has 0 spiro atoms. The average molecular weight is 385 g/mol. The van der Waals surface area contributed by atoms with Crippen molar-refractivity contribution in [3.05, 3.63) is 47.9 Å². The quantitative estimate of drug-likeness (QED) is 0.553. The Morgan fingerprint density at radius 1 is 1.14 bits per heavy atom. The zero-order valence-corrected chi connectivity index (χ0v) is 15.1. The first-order chi connectivity index (χ1) is 13.6. The minimum atomic E-state index is -0.587. The van der Waals surface area contributed by atoms with Crippen LogP contribution in [0.25, 0.3) is 0 Å². The van der Waals surface area contributed by atoms with Gasteiger partial charge in [-0.05, 0) is 30.3 Å². The molecule has 2 aromatic rings. The first kappa shape index (κ1) is 18.1. The Morgan fingerprint density at radius 3 is 2.75 bits per heavy atom. The third-order valence-corrected chi connectivity index (χ3v) is 4.68. The number of hydrogen-bond donors (Lipinski definition) is 0. The second kappa shape index (κ2) is 7.75. The van der Waals surface area contributed by atoms with Gasteiger partial charge in [0.1, 0.15) is 19.0 Å². The predicted molar refractivity (Wildman–Crippen MR) is 95.0 cm³/mol. The van der Waals surface area contributed by atoms with Crippen molar-refractivity contribution in [2.45, 2.75) is 13.0 Å². The van der Waals surface area contributed by atoms with E-state index in [0.29, 0.717) is 42.6 Å². The van der Waals surface area contributed by atoms with Crippen LogP contribution in [-0.4, -0.2) is 48.9 Å². The van der Waals surface area contributed by atoms with Gasteiger partial charge in [0.15, 0.2) is 23.9 Å². The molecule has 3 heterocycles. The van der Waals surface area contributed by atoms with Gasteiger partial charge in [0.25, 0.3) is 0 Å². The van der Waals surface area contributed by atoms with Crippen LogP contribution in [0.3, 0.4) is 0 Å². The second-order valence-corrected chi connectivity index (χ2v) is 6.64. The van der Waals surface area contributed by atoms with Crippen LogP contribution in [0.2, 0.25) is 0 Å². The second-order valence-electron chi connectivity index (χ2n) is 6.64. The summed E-state index contributed by atoms with van der Waals surface area (Å²) in [6.45, 7) is 1.06. The Morgan fingerprint density at radius 2 is 1.96 bits per heavy atom.